The van der Waals surface area contributed by atoms with Crippen molar-refractivity contribution in [1.29, 1.82) is 0 Å². The summed E-state index contributed by atoms with van der Waals surface area (Å²) in [5, 5.41) is 2.99. The Hall–Kier alpha value is -0.810. The highest BCUT2D eigenvalue weighted by Gasteiger charge is 2.11. The fourth-order valence-corrected chi connectivity index (χ4v) is 1.92. The molecule has 1 rings (SSSR count). The van der Waals surface area contributed by atoms with Gasteiger partial charge in [0.1, 0.15) is 0 Å². The van der Waals surface area contributed by atoms with Gasteiger partial charge in [-0.3, -0.25) is 4.21 Å². The number of rotatable bonds is 5. The van der Waals surface area contributed by atoms with Crippen molar-refractivity contribution in [3.05, 3.63) is 23.0 Å². The molecule has 2 unspecified atom stereocenters. The van der Waals surface area contributed by atoms with Crippen molar-refractivity contribution >= 4 is 33.8 Å². The van der Waals surface area contributed by atoms with E-state index in [2.05, 4.69) is 5.32 Å². The third-order valence-electron chi connectivity index (χ3n) is 2.55. The molecule has 1 aromatic carbocycles. The summed E-state index contributed by atoms with van der Waals surface area (Å²) < 4.78 is 24.7. The van der Waals surface area contributed by atoms with Gasteiger partial charge < -0.3 is 11.1 Å². The topological polar surface area (TPSA) is 55.1 Å². The second kappa shape index (κ2) is 6.21. The molecule has 0 heterocycles. The van der Waals surface area contributed by atoms with Gasteiger partial charge in [0.15, 0.2) is 5.82 Å². The summed E-state index contributed by atoms with van der Waals surface area (Å²) in [7, 11) is -0.874. The number of anilines is 2. The molecule has 6 heteroatoms. The van der Waals surface area contributed by atoms with Crippen LogP contribution in [0.4, 0.5) is 15.8 Å². The van der Waals surface area contributed by atoms with Gasteiger partial charge in [-0.15, -0.1) is 0 Å². The average molecular weight is 279 g/mol. The molecule has 0 spiro atoms. The fraction of sp³-hybridized carbons (Fsp3) is 0.455. The maximum absolute atomic E-state index is 13.6. The van der Waals surface area contributed by atoms with Crippen LogP contribution in [-0.4, -0.2) is 22.3 Å². The van der Waals surface area contributed by atoms with E-state index >= 15 is 0 Å². The number of halogens is 2. The Morgan fingerprint density at radius 1 is 1.59 bits per heavy atom. The minimum absolute atomic E-state index is 0.0359. The van der Waals surface area contributed by atoms with Crippen LogP contribution in [0.2, 0.25) is 5.02 Å². The van der Waals surface area contributed by atoms with Gasteiger partial charge in [-0.1, -0.05) is 18.5 Å². The van der Waals surface area contributed by atoms with E-state index in [9.17, 15) is 8.60 Å². The number of hydrogen-bond donors (Lipinski definition) is 2. The summed E-state index contributed by atoms with van der Waals surface area (Å²) in [6.45, 7) is 2.39. The lowest BCUT2D eigenvalue weighted by atomic mass is 10.2. The first-order valence-electron chi connectivity index (χ1n) is 5.23. The quantitative estimate of drug-likeness (QED) is 0.814. The Morgan fingerprint density at radius 3 is 2.82 bits per heavy atom. The molecule has 0 aliphatic carbocycles. The van der Waals surface area contributed by atoms with Crippen molar-refractivity contribution in [2.24, 2.45) is 0 Å². The third kappa shape index (κ3) is 3.85. The molecule has 0 saturated heterocycles. The second-order valence-electron chi connectivity index (χ2n) is 3.85. The number of nitrogens with one attached hydrogen (secondary N) is 1. The summed E-state index contributed by atoms with van der Waals surface area (Å²) in [4.78, 5) is 0. The lowest BCUT2D eigenvalue weighted by Crippen LogP contribution is -2.16. The van der Waals surface area contributed by atoms with Gasteiger partial charge in [-0.25, -0.2) is 4.39 Å². The molecule has 2 atom stereocenters. The minimum atomic E-state index is -0.874. The van der Waals surface area contributed by atoms with Gasteiger partial charge in [0.25, 0.3) is 0 Å². The first kappa shape index (κ1) is 14.3. The highest BCUT2D eigenvalue weighted by atomic mass is 35.5. The van der Waals surface area contributed by atoms with E-state index in [4.69, 9.17) is 17.3 Å². The van der Waals surface area contributed by atoms with E-state index in [0.717, 1.165) is 0 Å². The lowest BCUT2D eigenvalue weighted by molar-refractivity contribution is 0.630. The Kier molecular flexibility index (Phi) is 5.21. The predicted molar refractivity (Wildman–Crippen MR) is 72.5 cm³/mol. The van der Waals surface area contributed by atoms with Crippen LogP contribution < -0.4 is 11.1 Å². The average Bonchev–Trinajstić information content (AvgIpc) is 2.28. The molecule has 0 saturated carbocycles. The van der Waals surface area contributed by atoms with Crippen LogP contribution in [0.15, 0.2) is 12.1 Å². The maximum Gasteiger partial charge on any atom is 0.166 e. The van der Waals surface area contributed by atoms with Crippen molar-refractivity contribution in [3.63, 3.8) is 0 Å². The molecule has 0 aliphatic rings. The zero-order chi connectivity index (χ0) is 13.0. The normalized spacial score (nSPS) is 14.4. The molecule has 0 fully saturated rings. The first-order valence-corrected chi connectivity index (χ1v) is 7.23. The van der Waals surface area contributed by atoms with Gasteiger partial charge in [-0.05, 0) is 18.6 Å². The molecule has 3 N–H and O–H groups in total. The van der Waals surface area contributed by atoms with Crippen LogP contribution >= 0.6 is 11.6 Å². The zero-order valence-corrected chi connectivity index (χ0v) is 11.4. The van der Waals surface area contributed by atoms with Crippen LogP contribution in [0, 0.1) is 5.82 Å². The molecule has 96 valence electrons. The van der Waals surface area contributed by atoms with E-state index in [0.29, 0.717) is 18.7 Å². The van der Waals surface area contributed by atoms with Gasteiger partial charge in [0.05, 0.1) is 16.4 Å². The van der Waals surface area contributed by atoms with Crippen molar-refractivity contribution in [2.45, 2.75) is 18.6 Å². The molecule has 0 aromatic heterocycles. The number of benzene rings is 1. The Bertz CT molecular complexity index is 428. The Balaban J connectivity index is 2.64. The SMILES string of the molecule is CC(CCNc1c(N)ccc(Cl)c1F)S(C)=O. The van der Waals surface area contributed by atoms with Crippen molar-refractivity contribution in [3.8, 4) is 0 Å². The molecule has 1 aromatic rings. The number of nitrogen functional groups attached to an aromatic ring is 1. The highest BCUT2D eigenvalue weighted by molar-refractivity contribution is 7.84. The minimum Gasteiger partial charge on any atom is -0.397 e. The highest BCUT2D eigenvalue weighted by Crippen LogP contribution is 2.28. The predicted octanol–water partition coefficient (Wildman–Crippen LogP) is 2.63. The molecule has 0 amide bonds. The molecule has 17 heavy (non-hydrogen) atoms. The van der Waals surface area contributed by atoms with Crippen molar-refractivity contribution in [1.82, 2.24) is 0 Å². The van der Waals surface area contributed by atoms with Crippen LogP contribution in [0.25, 0.3) is 0 Å². The summed E-state index contributed by atoms with van der Waals surface area (Å²) in [5.74, 6) is -0.544. The van der Waals surface area contributed by atoms with Crippen LogP contribution in [0.1, 0.15) is 13.3 Å². The van der Waals surface area contributed by atoms with Crippen molar-refractivity contribution in [2.75, 3.05) is 23.9 Å². The number of hydrogen-bond acceptors (Lipinski definition) is 3. The van der Waals surface area contributed by atoms with Crippen LogP contribution in [0.3, 0.4) is 0 Å². The molecule has 0 radical (unpaired) electrons. The summed E-state index contributed by atoms with van der Waals surface area (Å²) in [5.41, 5.74) is 6.18. The summed E-state index contributed by atoms with van der Waals surface area (Å²) >= 11 is 5.66. The molecule has 3 nitrogen and oxygen atoms in total. The third-order valence-corrected chi connectivity index (χ3v) is 4.21. The lowest BCUT2D eigenvalue weighted by Gasteiger charge is -2.13. The Labute approximate surface area is 108 Å². The van der Waals surface area contributed by atoms with Crippen LogP contribution in [0.5, 0.6) is 0 Å². The van der Waals surface area contributed by atoms with Gasteiger partial charge >= 0.3 is 0 Å². The monoisotopic (exact) mass is 278 g/mol. The van der Waals surface area contributed by atoms with E-state index in [-0.39, 0.29) is 16.0 Å². The molecule has 0 aliphatic heterocycles. The van der Waals surface area contributed by atoms with Crippen LogP contribution in [-0.2, 0) is 10.8 Å². The van der Waals surface area contributed by atoms with Gasteiger partial charge in [0.2, 0.25) is 0 Å². The largest absolute Gasteiger partial charge is 0.397 e. The second-order valence-corrected chi connectivity index (χ2v) is 6.06. The number of nitrogens with two attached hydrogens (primary N) is 1. The summed E-state index contributed by atoms with van der Waals surface area (Å²) in [6, 6.07) is 2.97. The van der Waals surface area contributed by atoms with E-state index < -0.39 is 16.6 Å². The molecular weight excluding hydrogens is 263 g/mol. The maximum atomic E-state index is 13.6. The van der Waals surface area contributed by atoms with Gasteiger partial charge in [-0.2, -0.15) is 0 Å². The first-order chi connectivity index (χ1) is 7.93. The standard InChI is InChI=1S/C11H16ClFN2OS/c1-7(17(2)16)5-6-15-11-9(14)4-3-8(12)10(11)13/h3-4,7,15H,5-6,14H2,1-2H3. The Morgan fingerprint density at radius 2 is 2.24 bits per heavy atom. The van der Waals surface area contributed by atoms with Gasteiger partial charge in [0, 0.05) is 28.9 Å². The molecular formula is C11H16ClFN2OS. The van der Waals surface area contributed by atoms with E-state index in [1.807, 2.05) is 6.92 Å². The molecule has 0 bridgehead atoms. The summed E-state index contributed by atoms with van der Waals surface area (Å²) in [6.07, 6.45) is 2.33. The van der Waals surface area contributed by atoms with E-state index in [1.54, 1.807) is 12.3 Å². The zero-order valence-electron chi connectivity index (χ0n) is 9.80. The smallest absolute Gasteiger partial charge is 0.166 e. The fourth-order valence-electron chi connectivity index (χ4n) is 1.31. The van der Waals surface area contributed by atoms with E-state index in [1.165, 1.54) is 6.07 Å². The van der Waals surface area contributed by atoms with Crippen molar-refractivity contribution < 1.29 is 8.60 Å².